The first kappa shape index (κ1) is 16.2. The van der Waals surface area contributed by atoms with Crippen LogP contribution in [-0.4, -0.2) is 53.2 Å². The molecule has 0 aromatic heterocycles. The molecular formula is C17H28N2O2. The Kier molecular flexibility index (Phi) is 5.16. The predicted octanol–water partition coefficient (Wildman–Crippen LogP) is 2.87. The molecule has 1 amide bonds. The smallest absolute Gasteiger partial charge is 0.410 e. The second-order valence-corrected chi connectivity index (χ2v) is 7.18. The van der Waals surface area contributed by atoms with Gasteiger partial charge in [0.2, 0.25) is 0 Å². The van der Waals surface area contributed by atoms with Crippen molar-refractivity contribution in [2.45, 2.75) is 70.6 Å². The SMILES string of the molecule is C#CCN(C1CCCC1)[C@@H]1CCN(C(=O)OC(C)(C)C)C1. The zero-order valence-corrected chi connectivity index (χ0v) is 13.6. The number of terminal acetylenes is 1. The summed E-state index contributed by atoms with van der Waals surface area (Å²) in [6.07, 6.45) is 11.4. The maximum atomic E-state index is 12.2. The summed E-state index contributed by atoms with van der Waals surface area (Å²) in [5.74, 6) is 2.80. The van der Waals surface area contributed by atoms with Gasteiger partial charge in [0, 0.05) is 25.2 Å². The Hall–Kier alpha value is -1.21. The van der Waals surface area contributed by atoms with Crippen molar-refractivity contribution in [3.8, 4) is 12.3 Å². The van der Waals surface area contributed by atoms with Gasteiger partial charge in [-0.1, -0.05) is 18.8 Å². The van der Waals surface area contributed by atoms with Gasteiger partial charge < -0.3 is 9.64 Å². The number of hydrogen-bond acceptors (Lipinski definition) is 3. The highest BCUT2D eigenvalue weighted by Gasteiger charge is 2.35. The fraction of sp³-hybridized carbons (Fsp3) is 0.824. The molecule has 1 aliphatic heterocycles. The van der Waals surface area contributed by atoms with E-state index in [4.69, 9.17) is 11.2 Å². The van der Waals surface area contributed by atoms with E-state index in [1.807, 2.05) is 25.7 Å². The van der Waals surface area contributed by atoms with Gasteiger partial charge >= 0.3 is 6.09 Å². The van der Waals surface area contributed by atoms with Gasteiger partial charge in [-0.05, 0) is 40.0 Å². The number of carbonyl (C=O) groups excluding carboxylic acids is 1. The van der Waals surface area contributed by atoms with E-state index in [1.165, 1.54) is 25.7 Å². The van der Waals surface area contributed by atoms with E-state index in [2.05, 4.69) is 10.8 Å². The Labute approximate surface area is 128 Å². The first-order valence-corrected chi connectivity index (χ1v) is 8.08. The summed E-state index contributed by atoms with van der Waals surface area (Å²) in [5.41, 5.74) is -0.431. The number of rotatable bonds is 3. The molecule has 118 valence electrons. The lowest BCUT2D eigenvalue weighted by atomic mass is 10.1. The molecule has 4 nitrogen and oxygen atoms in total. The molecule has 2 aliphatic rings. The highest BCUT2D eigenvalue weighted by molar-refractivity contribution is 5.68. The number of hydrogen-bond donors (Lipinski definition) is 0. The molecule has 1 heterocycles. The molecule has 0 radical (unpaired) electrons. The van der Waals surface area contributed by atoms with Crippen molar-refractivity contribution in [2.24, 2.45) is 0 Å². The van der Waals surface area contributed by atoms with Crippen molar-refractivity contribution < 1.29 is 9.53 Å². The molecule has 1 saturated heterocycles. The van der Waals surface area contributed by atoms with Gasteiger partial charge in [0.15, 0.2) is 0 Å². The van der Waals surface area contributed by atoms with Crippen LogP contribution < -0.4 is 0 Å². The Morgan fingerprint density at radius 1 is 1.29 bits per heavy atom. The molecular weight excluding hydrogens is 264 g/mol. The van der Waals surface area contributed by atoms with Crippen molar-refractivity contribution in [1.82, 2.24) is 9.80 Å². The highest BCUT2D eigenvalue weighted by atomic mass is 16.6. The van der Waals surface area contributed by atoms with Gasteiger partial charge in [-0.3, -0.25) is 4.90 Å². The van der Waals surface area contributed by atoms with Crippen LogP contribution in [0, 0.1) is 12.3 Å². The van der Waals surface area contributed by atoms with Gasteiger partial charge in [0.25, 0.3) is 0 Å². The van der Waals surface area contributed by atoms with Gasteiger partial charge in [-0.15, -0.1) is 6.42 Å². The molecule has 1 saturated carbocycles. The summed E-state index contributed by atoms with van der Waals surface area (Å²) < 4.78 is 5.46. The van der Waals surface area contributed by atoms with Crippen LogP contribution in [0.2, 0.25) is 0 Å². The lowest BCUT2D eigenvalue weighted by Crippen LogP contribution is -2.44. The fourth-order valence-electron chi connectivity index (χ4n) is 3.40. The lowest BCUT2D eigenvalue weighted by molar-refractivity contribution is 0.0275. The number of ether oxygens (including phenoxy) is 1. The molecule has 2 rings (SSSR count). The van der Waals surface area contributed by atoms with Gasteiger partial charge in [0.1, 0.15) is 5.60 Å². The van der Waals surface area contributed by atoms with Gasteiger partial charge in [0.05, 0.1) is 6.54 Å². The molecule has 4 heteroatoms. The molecule has 2 fully saturated rings. The van der Waals surface area contributed by atoms with E-state index in [9.17, 15) is 4.79 Å². The highest BCUT2D eigenvalue weighted by Crippen LogP contribution is 2.28. The Morgan fingerprint density at radius 3 is 2.52 bits per heavy atom. The average Bonchev–Trinajstić information content (AvgIpc) is 3.05. The molecule has 1 aliphatic carbocycles. The number of nitrogens with zero attached hydrogens (tertiary/aromatic N) is 2. The van der Waals surface area contributed by atoms with Crippen LogP contribution in [0.25, 0.3) is 0 Å². The van der Waals surface area contributed by atoms with E-state index in [0.717, 1.165) is 19.5 Å². The molecule has 1 atom stereocenters. The molecule has 0 aromatic carbocycles. The minimum absolute atomic E-state index is 0.197. The fourth-order valence-corrected chi connectivity index (χ4v) is 3.40. The van der Waals surface area contributed by atoms with Crippen LogP contribution >= 0.6 is 0 Å². The van der Waals surface area contributed by atoms with Crippen molar-refractivity contribution in [1.29, 1.82) is 0 Å². The molecule has 0 aromatic rings. The third-order valence-corrected chi connectivity index (χ3v) is 4.35. The van der Waals surface area contributed by atoms with Gasteiger partial charge in [-0.25, -0.2) is 4.79 Å². The van der Waals surface area contributed by atoms with E-state index in [-0.39, 0.29) is 6.09 Å². The second kappa shape index (κ2) is 6.70. The zero-order valence-electron chi connectivity index (χ0n) is 13.6. The molecule has 0 spiro atoms. The lowest BCUT2D eigenvalue weighted by Gasteiger charge is -2.33. The number of amides is 1. The summed E-state index contributed by atoms with van der Waals surface area (Å²) in [4.78, 5) is 16.4. The minimum atomic E-state index is -0.431. The van der Waals surface area contributed by atoms with Crippen LogP contribution in [0.4, 0.5) is 4.79 Å². The third-order valence-electron chi connectivity index (χ3n) is 4.35. The maximum Gasteiger partial charge on any atom is 0.410 e. The molecule has 0 unspecified atom stereocenters. The monoisotopic (exact) mass is 292 g/mol. The summed E-state index contributed by atoms with van der Waals surface area (Å²) >= 11 is 0. The average molecular weight is 292 g/mol. The van der Waals surface area contributed by atoms with E-state index in [0.29, 0.717) is 18.6 Å². The quantitative estimate of drug-likeness (QED) is 0.750. The normalized spacial score (nSPS) is 23.6. The Bertz CT molecular complexity index is 402. The van der Waals surface area contributed by atoms with Crippen LogP contribution in [-0.2, 0) is 4.74 Å². The molecule has 21 heavy (non-hydrogen) atoms. The zero-order chi connectivity index (χ0) is 15.5. The molecule has 0 bridgehead atoms. The van der Waals surface area contributed by atoms with Crippen LogP contribution in [0.15, 0.2) is 0 Å². The largest absolute Gasteiger partial charge is 0.444 e. The standard InChI is InChI=1S/C17H28N2O2/c1-5-11-19(14-8-6-7-9-14)15-10-12-18(13-15)16(20)21-17(2,3)4/h1,14-15H,6-13H2,2-4H3/t15-/m1/s1. The van der Waals surface area contributed by atoms with E-state index >= 15 is 0 Å². The second-order valence-electron chi connectivity index (χ2n) is 7.18. The summed E-state index contributed by atoms with van der Waals surface area (Å²) in [6.45, 7) is 7.92. The van der Waals surface area contributed by atoms with Crippen molar-refractivity contribution >= 4 is 6.09 Å². The summed E-state index contributed by atoms with van der Waals surface area (Å²) in [7, 11) is 0. The summed E-state index contributed by atoms with van der Waals surface area (Å²) in [6, 6.07) is 0.987. The minimum Gasteiger partial charge on any atom is -0.444 e. The van der Waals surface area contributed by atoms with E-state index < -0.39 is 5.60 Å². The summed E-state index contributed by atoms with van der Waals surface area (Å²) in [5, 5.41) is 0. The maximum absolute atomic E-state index is 12.2. The topological polar surface area (TPSA) is 32.8 Å². The number of carbonyl (C=O) groups is 1. The van der Waals surface area contributed by atoms with Crippen LogP contribution in [0.5, 0.6) is 0 Å². The third kappa shape index (κ3) is 4.38. The number of likely N-dealkylation sites (tertiary alicyclic amines) is 1. The van der Waals surface area contributed by atoms with Gasteiger partial charge in [-0.2, -0.15) is 0 Å². The van der Waals surface area contributed by atoms with Crippen molar-refractivity contribution in [3.05, 3.63) is 0 Å². The molecule has 0 N–H and O–H groups in total. The van der Waals surface area contributed by atoms with Crippen LogP contribution in [0.1, 0.15) is 52.9 Å². The van der Waals surface area contributed by atoms with Crippen molar-refractivity contribution in [3.63, 3.8) is 0 Å². The Morgan fingerprint density at radius 2 is 1.95 bits per heavy atom. The van der Waals surface area contributed by atoms with Crippen molar-refractivity contribution in [2.75, 3.05) is 19.6 Å². The first-order chi connectivity index (χ1) is 9.90. The predicted molar refractivity (Wildman–Crippen MR) is 84.0 cm³/mol. The Balaban J connectivity index is 1.93. The van der Waals surface area contributed by atoms with E-state index in [1.54, 1.807) is 0 Å². The van der Waals surface area contributed by atoms with Crippen LogP contribution in [0.3, 0.4) is 0 Å². The first-order valence-electron chi connectivity index (χ1n) is 8.08.